The van der Waals surface area contributed by atoms with Crippen molar-refractivity contribution in [3.8, 4) is 6.07 Å². The summed E-state index contributed by atoms with van der Waals surface area (Å²) in [6.45, 7) is 4.97. The van der Waals surface area contributed by atoms with Gasteiger partial charge in [-0.05, 0) is 44.2 Å². The molecular formula is C16H21N3OS. The van der Waals surface area contributed by atoms with Gasteiger partial charge in [-0.15, -0.1) is 11.3 Å². The number of thiophene rings is 1. The summed E-state index contributed by atoms with van der Waals surface area (Å²) in [4.78, 5) is 19.0. The van der Waals surface area contributed by atoms with Crippen molar-refractivity contribution in [1.82, 2.24) is 9.80 Å². The molecule has 1 atom stereocenters. The van der Waals surface area contributed by atoms with Gasteiger partial charge < -0.3 is 4.90 Å². The van der Waals surface area contributed by atoms with E-state index in [1.165, 1.54) is 23.3 Å². The summed E-state index contributed by atoms with van der Waals surface area (Å²) in [6, 6.07) is 4.33. The Labute approximate surface area is 130 Å². The first-order valence-corrected chi connectivity index (χ1v) is 8.55. The first-order valence-electron chi connectivity index (χ1n) is 7.73. The summed E-state index contributed by atoms with van der Waals surface area (Å²) in [6.07, 6.45) is 4.78. The average molecular weight is 303 g/mol. The molecule has 1 unspecified atom stereocenters. The van der Waals surface area contributed by atoms with Crippen molar-refractivity contribution in [3.63, 3.8) is 0 Å². The van der Waals surface area contributed by atoms with Crippen molar-refractivity contribution in [2.45, 2.75) is 38.6 Å². The van der Waals surface area contributed by atoms with Crippen molar-refractivity contribution < 1.29 is 4.79 Å². The Morgan fingerprint density at radius 1 is 1.29 bits per heavy atom. The summed E-state index contributed by atoms with van der Waals surface area (Å²) in [7, 11) is 0. The number of amides is 1. The molecule has 0 saturated carbocycles. The minimum atomic E-state index is -0.0590. The monoisotopic (exact) mass is 303 g/mol. The van der Waals surface area contributed by atoms with E-state index < -0.39 is 0 Å². The molecular weight excluding hydrogens is 282 g/mol. The summed E-state index contributed by atoms with van der Waals surface area (Å²) in [5.41, 5.74) is 1.39. The molecule has 0 aromatic carbocycles. The Balaban J connectivity index is 1.64. The maximum Gasteiger partial charge on any atom is 0.264 e. The molecule has 4 nitrogen and oxygen atoms in total. The van der Waals surface area contributed by atoms with Crippen molar-refractivity contribution in [3.05, 3.63) is 21.4 Å². The third-order valence-corrected chi connectivity index (χ3v) is 5.77. The molecule has 3 rings (SSSR count). The van der Waals surface area contributed by atoms with Gasteiger partial charge in [-0.2, -0.15) is 5.26 Å². The number of aryl methyl sites for hydroxylation is 2. The predicted molar refractivity (Wildman–Crippen MR) is 83.5 cm³/mol. The maximum absolute atomic E-state index is 12.6. The number of nitrogens with zero attached hydrogens (tertiary/aromatic N) is 3. The van der Waals surface area contributed by atoms with E-state index in [0.29, 0.717) is 0 Å². The molecule has 1 amide bonds. The van der Waals surface area contributed by atoms with E-state index in [-0.39, 0.29) is 11.9 Å². The number of hydrogen-bond acceptors (Lipinski definition) is 4. The maximum atomic E-state index is 12.6. The SMILES string of the molecule is CC(C#N)N1CCN(C(=O)c2cc3c(s2)CCCC3)CC1. The summed E-state index contributed by atoms with van der Waals surface area (Å²) < 4.78 is 0. The van der Waals surface area contributed by atoms with Crippen LogP contribution in [-0.2, 0) is 12.8 Å². The minimum absolute atomic E-state index is 0.0590. The summed E-state index contributed by atoms with van der Waals surface area (Å²) >= 11 is 1.69. The lowest BCUT2D eigenvalue weighted by molar-refractivity contribution is 0.0620. The Morgan fingerprint density at radius 3 is 2.67 bits per heavy atom. The standard InChI is InChI=1S/C16H21N3OS/c1-12(11-17)18-6-8-19(9-7-18)16(20)15-10-13-4-2-3-5-14(13)21-15/h10,12H,2-9H2,1H3. The topological polar surface area (TPSA) is 47.3 Å². The second kappa shape index (κ2) is 6.17. The van der Waals surface area contributed by atoms with Gasteiger partial charge in [-0.1, -0.05) is 0 Å². The number of carbonyl (C=O) groups excluding carboxylic acids is 1. The van der Waals surface area contributed by atoms with Crippen LogP contribution in [0.1, 0.15) is 39.9 Å². The van der Waals surface area contributed by atoms with Crippen LogP contribution in [0.5, 0.6) is 0 Å². The van der Waals surface area contributed by atoms with E-state index in [9.17, 15) is 4.79 Å². The zero-order valence-electron chi connectivity index (χ0n) is 12.5. The van der Waals surface area contributed by atoms with Crippen LogP contribution in [0.25, 0.3) is 0 Å². The Hall–Kier alpha value is -1.38. The highest BCUT2D eigenvalue weighted by molar-refractivity contribution is 7.14. The number of rotatable bonds is 2. The smallest absolute Gasteiger partial charge is 0.264 e. The molecule has 112 valence electrons. The van der Waals surface area contributed by atoms with E-state index in [4.69, 9.17) is 5.26 Å². The van der Waals surface area contributed by atoms with E-state index in [2.05, 4.69) is 17.0 Å². The second-order valence-corrected chi connectivity index (χ2v) is 7.04. The number of hydrogen-bond donors (Lipinski definition) is 0. The Kier molecular flexibility index (Phi) is 4.27. The predicted octanol–water partition coefficient (Wildman–Crippen LogP) is 2.30. The highest BCUT2D eigenvalue weighted by atomic mass is 32.1. The zero-order valence-corrected chi connectivity index (χ0v) is 13.3. The molecule has 1 saturated heterocycles. The van der Waals surface area contributed by atoms with Crippen molar-refractivity contribution in [2.24, 2.45) is 0 Å². The molecule has 2 heterocycles. The van der Waals surface area contributed by atoms with Crippen LogP contribution in [0, 0.1) is 11.3 Å². The molecule has 1 fully saturated rings. The van der Waals surface area contributed by atoms with Crippen LogP contribution < -0.4 is 0 Å². The van der Waals surface area contributed by atoms with E-state index in [0.717, 1.165) is 43.9 Å². The molecule has 1 aliphatic heterocycles. The number of piperazine rings is 1. The summed E-state index contributed by atoms with van der Waals surface area (Å²) in [5.74, 6) is 0.179. The van der Waals surface area contributed by atoms with Gasteiger partial charge in [0.15, 0.2) is 0 Å². The first kappa shape index (κ1) is 14.6. The van der Waals surface area contributed by atoms with Gasteiger partial charge in [0, 0.05) is 31.1 Å². The zero-order chi connectivity index (χ0) is 14.8. The molecule has 0 bridgehead atoms. The van der Waals surface area contributed by atoms with Crippen molar-refractivity contribution in [1.29, 1.82) is 5.26 Å². The third kappa shape index (κ3) is 2.97. The van der Waals surface area contributed by atoms with E-state index in [1.54, 1.807) is 11.3 Å². The van der Waals surface area contributed by atoms with E-state index >= 15 is 0 Å². The summed E-state index contributed by atoms with van der Waals surface area (Å²) in [5, 5.41) is 8.96. The molecule has 0 N–H and O–H groups in total. The fraction of sp³-hybridized carbons (Fsp3) is 0.625. The minimum Gasteiger partial charge on any atom is -0.335 e. The quantitative estimate of drug-likeness (QED) is 0.842. The van der Waals surface area contributed by atoms with Gasteiger partial charge in [0.2, 0.25) is 0 Å². The van der Waals surface area contributed by atoms with Crippen LogP contribution in [0.15, 0.2) is 6.07 Å². The Morgan fingerprint density at radius 2 is 2.00 bits per heavy atom. The van der Waals surface area contributed by atoms with Crippen LogP contribution in [0.3, 0.4) is 0 Å². The molecule has 0 spiro atoms. The molecule has 1 aromatic heterocycles. The average Bonchev–Trinajstić information content (AvgIpc) is 2.97. The normalized spacial score (nSPS) is 20.7. The Bertz CT molecular complexity index is 543. The van der Waals surface area contributed by atoms with Crippen LogP contribution in [-0.4, -0.2) is 47.9 Å². The fourth-order valence-corrected chi connectivity index (χ4v) is 4.37. The van der Waals surface area contributed by atoms with Gasteiger partial charge >= 0.3 is 0 Å². The second-order valence-electron chi connectivity index (χ2n) is 5.90. The third-order valence-electron chi connectivity index (χ3n) is 4.54. The highest BCUT2D eigenvalue weighted by Crippen LogP contribution is 2.30. The molecule has 21 heavy (non-hydrogen) atoms. The van der Waals surface area contributed by atoms with Crippen LogP contribution in [0.4, 0.5) is 0 Å². The van der Waals surface area contributed by atoms with Gasteiger partial charge in [0.25, 0.3) is 5.91 Å². The number of carbonyl (C=O) groups is 1. The largest absolute Gasteiger partial charge is 0.335 e. The van der Waals surface area contributed by atoms with Crippen molar-refractivity contribution >= 4 is 17.2 Å². The van der Waals surface area contributed by atoms with Gasteiger partial charge in [-0.25, -0.2) is 0 Å². The van der Waals surface area contributed by atoms with Gasteiger partial charge in [-0.3, -0.25) is 9.69 Å². The number of nitriles is 1. The van der Waals surface area contributed by atoms with E-state index in [1.807, 2.05) is 11.8 Å². The molecule has 2 aliphatic rings. The van der Waals surface area contributed by atoms with Crippen LogP contribution in [0.2, 0.25) is 0 Å². The molecule has 0 radical (unpaired) electrons. The van der Waals surface area contributed by atoms with Gasteiger partial charge in [0.1, 0.15) is 0 Å². The van der Waals surface area contributed by atoms with Gasteiger partial charge in [0.05, 0.1) is 17.0 Å². The molecule has 5 heteroatoms. The lowest BCUT2D eigenvalue weighted by atomic mass is 9.99. The highest BCUT2D eigenvalue weighted by Gasteiger charge is 2.26. The lowest BCUT2D eigenvalue weighted by Gasteiger charge is -2.35. The molecule has 1 aliphatic carbocycles. The first-order chi connectivity index (χ1) is 10.2. The number of fused-ring (bicyclic) bond motifs is 1. The lowest BCUT2D eigenvalue weighted by Crippen LogP contribution is -2.50. The van der Waals surface area contributed by atoms with Crippen molar-refractivity contribution in [2.75, 3.05) is 26.2 Å². The fourth-order valence-electron chi connectivity index (χ4n) is 3.15. The van der Waals surface area contributed by atoms with Crippen LogP contribution >= 0.6 is 11.3 Å². The molecule has 1 aromatic rings.